The van der Waals surface area contributed by atoms with E-state index in [1.807, 2.05) is 51.1 Å². The Balaban J connectivity index is 2.41. The molecule has 1 heterocycles. The summed E-state index contributed by atoms with van der Waals surface area (Å²) in [6.07, 6.45) is 1.83. The van der Waals surface area contributed by atoms with E-state index in [0.717, 1.165) is 17.0 Å². The first kappa shape index (κ1) is 14.4. The number of aromatic nitrogens is 2. The molecule has 0 amide bonds. The summed E-state index contributed by atoms with van der Waals surface area (Å²) in [4.78, 5) is 8.54. The molecule has 2 aromatic rings. The number of hydrogen-bond donors (Lipinski definition) is 2. The van der Waals surface area contributed by atoms with Crippen molar-refractivity contribution < 1.29 is 4.74 Å². The van der Waals surface area contributed by atoms with Crippen LogP contribution >= 0.6 is 0 Å². The highest BCUT2D eigenvalue weighted by Gasteiger charge is 2.18. The lowest BCUT2D eigenvalue weighted by Gasteiger charge is -2.21. The monoisotopic (exact) mass is 272 g/mol. The van der Waals surface area contributed by atoms with Crippen LogP contribution in [-0.4, -0.2) is 16.1 Å². The van der Waals surface area contributed by atoms with E-state index in [0.29, 0.717) is 5.82 Å². The molecule has 20 heavy (non-hydrogen) atoms. The number of nitrogens with zero attached hydrogens (tertiary/aromatic N) is 2. The summed E-state index contributed by atoms with van der Waals surface area (Å²) in [7, 11) is 0. The molecule has 0 aliphatic heterocycles. The van der Waals surface area contributed by atoms with E-state index in [1.165, 1.54) is 0 Å². The van der Waals surface area contributed by atoms with Crippen molar-refractivity contribution in [2.75, 3.05) is 0 Å². The summed E-state index contributed by atoms with van der Waals surface area (Å²) in [5, 5.41) is 0. The fraction of sp³-hybridized carbons (Fsp3) is 0.333. The van der Waals surface area contributed by atoms with Crippen LogP contribution in [0.4, 0.5) is 0 Å². The highest BCUT2D eigenvalue weighted by molar-refractivity contribution is 5.39. The second-order valence-corrected chi connectivity index (χ2v) is 4.83. The Morgan fingerprint density at radius 3 is 2.60 bits per heavy atom. The van der Waals surface area contributed by atoms with E-state index >= 15 is 0 Å². The molecule has 1 unspecified atom stereocenters. The van der Waals surface area contributed by atoms with Crippen LogP contribution in [0.3, 0.4) is 0 Å². The normalized spacial score (nSPS) is 12.4. The van der Waals surface area contributed by atoms with Gasteiger partial charge in [0, 0.05) is 11.8 Å². The third-order valence-electron chi connectivity index (χ3n) is 2.85. The lowest BCUT2D eigenvalue weighted by atomic mass is 10.0. The van der Waals surface area contributed by atoms with Crippen LogP contribution < -0.4 is 16.0 Å². The van der Waals surface area contributed by atoms with Crippen molar-refractivity contribution in [3.63, 3.8) is 0 Å². The van der Waals surface area contributed by atoms with Gasteiger partial charge in [0.2, 0.25) is 0 Å². The number of hydrogen-bond acceptors (Lipinski definition) is 5. The number of benzene rings is 1. The lowest BCUT2D eigenvalue weighted by Crippen LogP contribution is -2.30. The predicted octanol–water partition coefficient (Wildman–Crippen LogP) is 2.12. The average molecular weight is 272 g/mol. The summed E-state index contributed by atoms with van der Waals surface area (Å²) in [5.74, 6) is 7.24. The molecule has 0 spiro atoms. The molecule has 0 fully saturated rings. The van der Waals surface area contributed by atoms with E-state index in [2.05, 4.69) is 15.4 Å². The highest BCUT2D eigenvalue weighted by Crippen LogP contribution is 2.29. The molecule has 1 aromatic heterocycles. The maximum atomic E-state index is 5.84. The van der Waals surface area contributed by atoms with Gasteiger partial charge in [0.1, 0.15) is 11.6 Å². The van der Waals surface area contributed by atoms with Gasteiger partial charge in [0.25, 0.3) is 0 Å². The molecule has 3 N–H and O–H groups in total. The van der Waals surface area contributed by atoms with E-state index in [-0.39, 0.29) is 12.1 Å². The van der Waals surface area contributed by atoms with Crippen molar-refractivity contribution >= 4 is 0 Å². The molecule has 1 aromatic carbocycles. The number of ether oxygens (including phenoxy) is 1. The van der Waals surface area contributed by atoms with Gasteiger partial charge in [-0.1, -0.05) is 18.2 Å². The predicted molar refractivity (Wildman–Crippen MR) is 78.1 cm³/mol. The zero-order chi connectivity index (χ0) is 14.5. The standard InChI is InChI=1S/C15H20N4O/c1-10(2)20-14-7-5-4-6-12(14)15(19-16)13-8-9-17-11(3)18-13/h4-10,15,19H,16H2,1-3H3. The Bertz CT molecular complexity index is 571. The third-order valence-corrected chi connectivity index (χ3v) is 2.85. The third kappa shape index (κ3) is 3.31. The smallest absolute Gasteiger partial charge is 0.125 e. The molecule has 5 heteroatoms. The summed E-state index contributed by atoms with van der Waals surface area (Å²) in [5.41, 5.74) is 4.58. The molecule has 2 rings (SSSR count). The van der Waals surface area contributed by atoms with Gasteiger partial charge in [-0.05, 0) is 32.9 Å². The van der Waals surface area contributed by atoms with Crippen LogP contribution in [0, 0.1) is 6.92 Å². The number of rotatable bonds is 5. The van der Waals surface area contributed by atoms with Gasteiger partial charge in [-0.2, -0.15) is 0 Å². The maximum Gasteiger partial charge on any atom is 0.125 e. The molecule has 0 radical (unpaired) electrons. The van der Waals surface area contributed by atoms with Crippen molar-refractivity contribution in [3.05, 3.63) is 53.6 Å². The number of hydrazine groups is 1. The minimum absolute atomic E-state index is 0.0988. The maximum absolute atomic E-state index is 5.84. The Hall–Kier alpha value is -1.98. The van der Waals surface area contributed by atoms with Gasteiger partial charge in [-0.3, -0.25) is 5.84 Å². The summed E-state index contributed by atoms with van der Waals surface area (Å²) >= 11 is 0. The van der Waals surface area contributed by atoms with Crippen LogP contribution in [-0.2, 0) is 0 Å². The first-order chi connectivity index (χ1) is 9.61. The van der Waals surface area contributed by atoms with Crippen LogP contribution in [0.25, 0.3) is 0 Å². The van der Waals surface area contributed by atoms with Crippen LogP contribution in [0.2, 0.25) is 0 Å². The number of nitrogens with one attached hydrogen (secondary N) is 1. The molecule has 0 saturated carbocycles. The Morgan fingerprint density at radius 1 is 1.20 bits per heavy atom. The fourth-order valence-electron chi connectivity index (χ4n) is 2.05. The van der Waals surface area contributed by atoms with Gasteiger partial charge in [0.05, 0.1) is 17.8 Å². The quantitative estimate of drug-likeness (QED) is 0.644. The Morgan fingerprint density at radius 2 is 1.95 bits per heavy atom. The van der Waals surface area contributed by atoms with Crippen molar-refractivity contribution in [3.8, 4) is 5.75 Å². The van der Waals surface area contributed by atoms with Crippen molar-refractivity contribution in [1.82, 2.24) is 15.4 Å². The molecule has 0 aliphatic carbocycles. The first-order valence-electron chi connectivity index (χ1n) is 6.63. The van der Waals surface area contributed by atoms with E-state index in [4.69, 9.17) is 10.6 Å². The van der Waals surface area contributed by atoms with Crippen molar-refractivity contribution in [2.45, 2.75) is 32.9 Å². The van der Waals surface area contributed by atoms with Gasteiger partial charge >= 0.3 is 0 Å². The second-order valence-electron chi connectivity index (χ2n) is 4.83. The Kier molecular flexibility index (Phi) is 4.65. The van der Waals surface area contributed by atoms with Gasteiger partial charge in [-0.25, -0.2) is 15.4 Å². The minimum Gasteiger partial charge on any atom is -0.491 e. The number of para-hydroxylation sites is 1. The van der Waals surface area contributed by atoms with Gasteiger partial charge in [-0.15, -0.1) is 0 Å². The lowest BCUT2D eigenvalue weighted by molar-refractivity contribution is 0.238. The Labute approximate surface area is 119 Å². The summed E-state index contributed by atoms with van der Waals surface area (Å²) in [6.45, 7) is 5.85. The minimum atomic E-state index is -0.230. The molecular weight excluding hydrogens is 252 g/mol. The van der Waals surface area contributed by atoms with E-state index in [1.54, 1.807) is 6.20 Å². The first-order valence-corrected chi connectivity index (χ1v) is 6.63. The van der Waals surface area contributed by atoms with Crippen LogP contribution in [0.15, 0.2) is 36.5 Å². The van der Waals surface area contributed by atoms with Crippen LogP contribution in [0.5, 0.6) is 5.75 Å². The van der Waals surface area contributed by atoms with Crippen molar-refractivity contribution in [2.24, 2.45) is 5.84 Å². The zero-order valence-electron chi connectivity index (χ0n) is 12.0. The SMILES string of the molecule is Cc1nccc(C(NN)c2ccccc2OC(C)C)n1. The van der Waals surface area contributed by atoms with Crippen LogP contribution in [0.1, 0.15) is 37.0 Å². The van der Waals surface area contributed by atoms with Gasteiger partial charge < -0.3 is 4.74 Å². The van der Waals surface area contributed by atoms with E-state index < -0.39 is 0 Å². The molecule has 5 nitrogen and oxygen atoms in total. The number of aryl methyl sites for hydroxylation is 1. The number of nitrogens with two attached hydrogens (primary N) is 1. The molecular formula is C15H20N4O. The highest BCUT2D eigenvalue weighted by atomic mass is 16.5. The fourth-order valence-corrected chi connectivity index (χ4v) is 2.05. The molecule has 0 aliphatic rings. The molecule has 0 saturated heterocycles. The van der Waals surface area contributed by atoms with E-state index in [9.17, 15) is 0 Å². The molecule has 1 atom stereocenters. The molecule has 106 valence electrons. The largest absolute Gasteiger partial charge is 0.491 e. The summed E-state index contributed by atoms with van der Waals surface area (Å²) in [6, 6.07) is 9.45. The summed E-state index contributed by atoms with van der Waals surface area (Å²) < 4.78 is 5.84. The molecule has 0 bridgehead atoms. The zero-order valence-corrected chi connectivity index (χ0v) is 12.0. The van der Waals surface area contributed by atoms with Crippen molar-refractivity contribution in [1.29, 1.82) is 0 Å². The average Bonchev–Trinajstić information content (AvgIpc) is 2.41. The second kappa shape index (κ2) is 6.45. The van der Waals surface area contributed by atoms with Gasteiger partial charge in [0.15, 0.2) is 0 Å². The topological polar surface area (TPSA) is 73.1 Å².